The van der Waals surface area contributed by atoms with Gasteiger partial charge in [-0.05, 0) is 42.4 Å². The second-order valence-corrected chi connectivity index (χ2v) is 8.25. The highest BCUT2D eigenvalue weighted by atomic mass is 14.9. The molecule has 5 atom stereocenters. The minimum atomic E-state index is 0.596. The molecule has 22 heavy (non-hydrogen) atoms. The fraction of sp³-hybridized carbons (Fsp3) is 1.00. The van der Waals surface area contributed by atoms with Gasteiger partial charge in [0.2, 0.25) is 0 Å². The normalized spacial score (nSPS) is 19.2. The third-order valence-electron chi connectivity index (χ3n) is 5.93. The van der Waals surface area contributed by atoms with Crippen LogP contribution in [-0.4, -0.2) is 12.1 Å². The molecule has 0 fully saturated rings. The van der Waals surface area contributed by atoms with Crippen LogP contribution < -0.4 is 5.32 Å². The van der Waals surface area contributed by atoms with E-state index in [1.165, 1.54) is 32.1 Å². The summed E-state index contributed by atoms with van der Waals surface area (Å²) in [6, 6.07) is 1.28. The molecule has 4 unspecified atom stereocenters. The molecular formula is C21H45N. The molecular weight excluding hydrogens is 266 g/mol. The zero-order valence-electron chi connectivity index (χ0n) is 17.1. The molecule has 1 nitrogen and oxygen atoms in total. The van der Waals surface area contributed by atoms with E-state index in [0.717, 1.165) is 29.6 Å². The minimum Gasteiger partial charge on any atom is -0.312 e. The molecule has 1 N–H and O–H groups in total. The van der Waals surface area contributed by atoms with Gasteiger partial charge >= 0.3 is 0 Å². The Labute approximate surface area is 142 Å². The average molecular weight is 312 g/mol. The zero-order valence-corrected chi connectivity index (χ0v) is 17.1. The van der Waals surface area contributed by atoms with Gasteiger partial charge in [-0.1, -0.05) is 81.6 Å². The van der Waals surface area contributed by atoms with E-state index in [-0.39, 0.29) is 0 Å². The van der Waals surface area contributed by atoms with Gasteiger partial charge in [-0.3, -0.25) is 0 Å². The summed E-state index contributed by atoms with van der Waals surface area (Å²) in [4.78, 5) is 0. The predicted octanol–water partition coefficient (Wildman–Crippen LogP) is 6.52. The highest BCUT2D eigenvalue weighted by Gasteiger charge is 2.30. The summed E-state index contributed by atoms with van der Waals surface area (Å²) in [5.74, 6) is 4.20. The highest BCUT2D eigenvalue weighted by molar-refractivity contribution is 4.82. The van der Waals surface area contributed by atoms with Crippen LogP contribution in [0.2, 0.25) is 0 Å². The molecule has 0 aliphatic heterocycles. The predicted molar refractivity (Wildman–Crippen MR) is 102 cm³/mol. The largest absolute Gasteiger partial charge is 0.312 e. The Morgan fingerprint density at radius 1 is 0.773 bits per heavy atom. The Kier molecular flexibility index (Phi) is 11.5. The van der Waals surface area contributed by atoms with E-state index in [1.807, 2.05) is 0 Å². The SMILES string of the molecule is CCCC(C[C@@H](CC)NC(C)C)C(C)C(CC)C(C)C(C)C. The summed E-state index contributed by atoms with van der Waals surface area (Å²) >= 11 is 0. The lowest BCUT2D eigenvalue weighted by Crippen LogP contribution is -2.38. The van der Waals surface area contributed by atoms with Crippen LogP contribution >= 0.6 is 0 Å². The van der Waals surface area contributed by atoms with Crippen molar-refractivity contribution < 1.29 is 0 Å². The molecule has 0 saturated heterocycles. The number of nitrogens with one attached hydrogen (secondary N) is 1. The monoisotopic (exact) mass is 311 g/mol. The van der Waals surface area contributed by atoms with Gasteiger partial charge in [-0.15, -0.1) is 0 Å². The highest BCUT2D eigenvalue weighted by Crippen LogP contribution is 2.37. The number of hydrogen-bond donors (Lipinski definition) is 1. The van der Waals surface area contributed by atoms with Gasteiger partial charge < -0.3 is 5.32 Å². The van der Waals surface area contributed by atoms with E-state index < -0.39 is 0 Å². The van der Waals surface area contributed by atoms with Crippen LogP contribution in [0.3, 0.4) is 0 Å². The molecule has 0 heterocycles. The quantitative estimate of drug-likeness (QED) is 0.432. The van der Waals surface area contributed by atoms with Crippen LogP contribution in [0.25, 0.3) is 0 Å². The fourth-order valence-electron chi connectivity index (χ4n) is 4.22. The van der Waals surface area contributed by atoms with Crippen LogP contribution in [0.4, 0.5) is 0 Å². The standard InChI is InChI=1S/C21H45N/c1-10-13-19(14-20(11-2)22-16(6)7)18(9)21(12-3)17(8)15(4)5/h15-22H,10-14H2,1-9H3/t17?,18?,19?,20-,21?/m1/s1. The first-order valence-electron chi connectivity index (χ1n) is 10.0. The van der Waals surface area contributed by atoms with E-state index in [9.17, 15) is 0 Å². The van der Waals surface area contributed by atoms with Gasteiger partial charge in [0.05, 0.1) is 0 Å². The van der Waals surface area contributed by atoms with E-state index in [2.05, 4.69) is 67.6 Å². The Morgan fingerprint density at radius 3 is 1.73 bits per heavy atom. The first-order chi connectivity index (χ1) is 10.3. The van der Waals surface area contributed by atoms with Crippen molar-refractivity contribution in [1.82, 2.24) is 5.32 Å². The van der Waals surface area contributed by atoms with Crippen LogP contribution in [0.1, 0.15) is 94.4 Å². The molecule has 0 radical (unpaired) electrons. The summed E-state index contributed by atoms with van der Waals surface area (Å²) in [5.41, 5.74) is 0. The number of rotatable bonds is 12. The minimum absolute atomic E-state index is 0.596. The maximum absolute atomic E-state index is 3.78. The lowest BCUT2D eigenvalue weighted by molar-refractivity contribution is 0.127. The first-order valence-corrected chi connectivity index (χ1v) is 10.0. The molecule has 0 aliphatic carbocycles. The summed E-state index contributed by atoms with van der Waals surface area (Å²) < 4.78 is 0. The third kappa shape index (κ3) is 7.49. The van der Waals surface area contributed by atoms with E-state index >= 15 is 0 Å². The van der Waals surface area contributed by atoms with Gasteiger partial charge in [-0.25, -0.2) is 0 Å². The van der Waals surface area contributed by atoms with E-state index in [1.54, 1.807) is 0 Å². The van der Waals surface area contributed by atoms with Crippen molar-refractivity contribution in [3.05, 3.63) is 0 Å². The van der Waals surface area contributed by atoms with Gasteiger partial charge in [0.15, 0.2) is 0 Å². The van der Waals surface area contributed by atoms with Crippen LogP contribution in [0.15, 0.2) is 0 Å². The average Bonchev–Trinajstić information content (AvgIpc) is 2.45. The van der Waals surface area contributed by atoms with Crippen molar-refractivity contribution in [2.45, 2.75) is 107 Å². The third-order valence-corrected chi connectivity index (χ3v) is 5.93. The molecule has 1 heteroatoms. The van der Waals surface area contributed by atoms with Crippen LogP contribution in [0, 0.1) is 29.6 Å². The molecule has 0 aliphatic rings. The van der Waals surface area contributed by atoms with Gasteiger partial charge in [0, 0.05) is 12.1 Å². The van der Waals surface area contributed by atoms with E-state index in [0.29, 0.717) is 12.1 Å². The summed E-state index contributed by atoms with van der Waals surface area (Å²) in [6.45, 7) is 21.4. The zero-order chi connectivity index (χ0) is 17.3. The van der Waals surface area contributed by atoms with Crippen molar-refractivity contribution >= 4 is 0 Å². The van der Waals surface area contributed by atoms with Crippen molar-refractivity contribution in [3.8, 4) is 0 Å². The van der Waals surface area contributed by atoms with Crippen LogP contribution in [0.5, 0.6) is 0 Å². The van der Waals surface area contributed by atoms with Crippen LogP contribution in [-0.2, 0) is 0 Å². The van der Waals surface area contributed by atoms with Gasteiger partial charge in [0.25, 0.3) is 0 Å². The van der Waals surface area contributed by atoms with E-state index in [4.69, 9.17) is 0 Å². The smallest absolute Gasteiger partial charge is 0.00695 e. The molecule has 0 saturated carbocycles. The topological polar surface area (TPSA) is 12.0 Å². The lowest BCUT2D eigenvalue weighted by Gasteiger charge is -2.38. The summed E-state index contributed by atoms with van der Waals surface area (Å²) in [6.07, 6.45) is 6.64. The Hall–Kier alpha value is -0.0400. The Bertz CT molecular complexity index is 259. The van der Waals surface area contributed by atoms with Gasteiger partial charge in [0.1, 0.15) is 0 Å². The summed E-state index contributed by atoms with van der Waals surface area (Å²) in [5, 5.41) is 3.78. The maximum Gasteiger partial charge on any atom is 0.00695 e. The second kappa shape index (κ2) is 11.5. The van der Waals surface area contributed by atoms with Crippen molar-refractivity contribution in [2.24, 2.45) is 29.6 Å². The molecule has 0 aromatic carbocycles. The molecule has 0 aromatic heterocycles. The maximum atomic E-state index is 3.78. The molecule has 0 amide bonds. The molecule has 0 aromatic rings. The summed E-state index contributed by atoms with van der Waals surface area (Å²) in [7, 11) is 0. The lowest BCUT2D eigenvalue weighted by atomic mass is 9.69. The molecule has 134 valence electrons. The van der Waals surface area contributed by atoms with Crippen molar-refractivity contribution in [1.29, 1.82) is 0 Å². The van der Waals surface area contributed by atoms with Crippen molar-refractivity contribution in [2.75, 3.05) is 0 Å². The van der Waals surface area contributed by atoms with Gasteiger partial charge in [-0.2, -0.15) is 0 Å². The van der Waals surface area contributed by atoms with Crippen molar-refractivity contribution in [3.63, 3.8) is 0 Å². The Balaban J connectivity index is 4.95. The fourth-order valence-corrected chi connectivity index (χ4v) is 4.22. The molecule has 0 bridgehead atoms. The first kappa shape index (κ1) is 22.0. The number of hydrogen-bond acceptors (Lipinski definition) is 1. The molecule has 0 spiro atoms. The molecule has 0 rings (SSSR count). The second-order valence-electron chi connectivity index (χ2n) is 8.25. The Morgan fingerprint density at radius 2 is 1.36 bits per heavy atom.